The molecule has 4 nitrogen and oxygen atoms in total. The maximum absolute atomic E-state index is 5.64. The van der Waals surface area contributed by atoms with Gasteiger partial charge in [-0.15, -0.1) is 24.0 Å². The minimum Gasteiger partial charge on any atom is -0.378 e. The van der Waals surface area contributed by atoms with Crippen LogP contribution in [0.25, 0.3) is 0 Å². The Balaban J connectivity index is 0.00000220. The summed E-state index contributed by atoms with van der Waals surface area (Å²) in [5, 5.41) is 6.95. The topological polar surface area (TPSA) is 45.7 Å². The molecule has 0 bridgehead atoms. The molecule has 2 fully saturated rings. The van der Waals surface area contributed by atoms with E-state index in [2.05, 4.69) is 22.5 Å². The molecule has 5 heteroatoms. The highest BCUT2D eigenvalue weighted by atomic mass is 127. The van der Waals surface area contributed by atoms with Crippen molar-refractivity contribution >= 4 is 29.9 Å². The van der Waals surface area contributed by atoms with Crippen LogP contribution in [0.15, 0.2) is 4.99 Å². The molecule has 1 unspecified atom stereocenters. The number of hydrogen-bond acceptors (Lipinski definition) is 2. The van der Waals surface area contributed by atoms with Gasteiger partial charge in [0.25, 0.3) is 0 Å². The fourth-order valence-electron chi connectivity index (χ4n) is 3.50. The lowest BCUT2D eigenvalue weighted by Crippen LogP contribution is -2.43. The Kier molecular flexibility index (Phi) is 8.94. The fraction of sp³-hybridized carbons (Fsp3) is 0.938. The van der Waals surface area contributed by atoms with Crippen molar-refractivity contribution in [3.05, 3.63) is 0 Å². The molecule has 0 amide bonds. The highest BCUT2D eigenvalue weighted by Gasteiger charge is 2.31. The van der Waals surface area contributed by atoms with Crippen LogP contribution < -0.4 is 10.6 Å². The molecule has 0 spiro atoms. The average molecular weight is 409 g/mol. The smallest absolute Gasteiger partial charge is 0.190 e. The normalized spacial score (nSPS) is 24.7. The summed E-state index contributed by atoms with van der Waals surface area (Å²) < 4.78 is 5.64. The fourth-order valence-corrected chi connectivity index (χ4v) is 3.50. The molecule has 0 aromatic rings. The molecule has 21 heavy (non-hydrogen) atoms. The van der Waals surface area contributed by atoms with E-state index in [1.54, 1.807) is 0 Å². The van der Waals surface area contributed by atoms with Crippen molar-refractivity contribution in [2.75, 3.05) is 26.7 Å². The van der Waals surface area contributed by atoms with Crippen LogP contribution in [0.3, 0.4) is 0 Å². The Morgan fingerprint density at radius 1 is 1.24 bits per heavy atom. The summed E-state index contributed by atoms with van der Waals surface area (Å²) in [6.45, 7) is 5.27. The molecule has 2 N–H and O–H groups in total. The second kappa shape index (κ2) is 9.87. The van der Waals surface area contributed by atoms with Crippen LogP contribution in [-0.2, 0) is 4.74 Å². The number of halogens is 1. The van der Waals surface area contributed by atoms with Gasteiger partial charge in [-0.05, 0) is 43.9 Å². The second-order valence-corrected chi connectivity index (χ2v) is 6.34. The molecular weight excluding hydrogens is 377 g/mol. The number of rotatable bonds is 6. The van der Waals surface area contributed by atoms with E-state index in [9.17, 15) is 0 Å². The number of nitrogens with one attached hydrogen (secondary N) is 2. The monoisotopic (exact) mass is 409 g/mol. The third-order valence-electron chi connectivity index (χ3n) is 5.05. The number of nitrogens with zero attached hydrogens (tertiary/aromatic N) is 1. The van der Waals surface area contributed by atoms with Crippen LogP contribution in [0.2, 0.25) is 0 Å². The Labute approximate surface area is 146 Å². The van der Waals surface area contributed by atoms with Gasteiger partial charge in [0.1, 0.15) is 0 Å². The zero-order valence-electron chi connectivity index (χ0n) is 13.6. The summed E-state index contributed by atoms with van der Waals surface area (Å²) >= 11 is 0. The Bertz CT molecular complexity index is 311. The number of hydrogen-bond donors (Lipinski definition) is 2. The molecule has 0 radical (unpaired) electrons. The zero-order valence-corrected chi connectivity index (χ0v) is 15.9. The van der Waals surface area contributed by atoms with E-state index >= 15 is 0 Å². The van der Waals surface area contributed by atoms with Crippen LogP contribution in [0.4, 0.5) is 0 Å². The van der Waals surface area contributed by atoms with Gasteiger partial charge in [0.05, 0.1) is 6.10 Å². The molecule has 1 atom stereocenters. The van der Waals surface area contributed by atoms with Crippen molar-refractivity contribution in [2.24, 2.45) is 10.4 Å². The number of ether oxygens (including phenoxy) is 1. The largest absolute Gasteiger partial charge is 0.378 e. The van der Waals surface area contributed by atoms with E-state index in [0.29, 0.717) is 11.5 Å². The lowest BCUT2D eigenvalue weighted by Gasteiger charge is -2.28. The predicted octanol–water partition coefficient (Wildman–Crippen LogP) is 3.31. The molecule has 1 saturated heterocycles. The van der Waals surface area contributed by atoms with Gasteiger partial charge in [-0.2, -0.15) is 0 Å². The van der Waals surface area contributed by atoms with Gasteiger partial charge in [-0.3, -0.25) is 4.99 Å². The van der Waals surface area contributed by atoms with E-state index in [0.717, 1.165) is 32.1 Å². The second-order valence-electron chi connectivity index (χ2n) is 6.34. The zero-order chi connectivity index (χ0) is 14.3. The van der Waals surface area contributed by atoms with Crippen molar-refractivity contribution < 1.29 is 4.74 Å². The summed E-state index contributed by atoms with van der Waals surface area (Å²) in [7, 11) is 1.86. The SMILES string of the molecule is CCC1(CNC(=NC)NCCC2CCCO2)CCCC1.I. The number of guanidine groups is 1. The first-order valence-corrected chi connectivity index (χ1v) is 8.34. The quantitative estimate of drug-likeness (QED) is 0.402. The molecule has 0 aromatic carbocycles. The molecule has 1 saturated carbocycles. The maximum atomic E-state index is 5.64. The van der Waals surface area contributed by atoms with E-state index in [4.69, 9.17) is 4.74 Å². The highest BCUT2D eigenvalue weighted by molar-refractivity contribution is 14.0. The van der Waals surface area contributed by atoms with E-state index in [1.165, 1.54) is 44.9 Å². The first kappa shape index (κ1) is 19.0. The van der Waals surface area contributed by atoms with Crippen LogP contribution in [0, 0.1) is 5.41 Å². The first-order valence-electron chi connectivity index (χ1n) is 8.34. The van der Waals surface area contributed by atoms with Crippen LogP contribution in [0.5, 0.6) is 0 Å². The average Bonchev–Trinajstić information content (AvgIpc) is 3.14. The van der Waals surface area contributed by atoms with Crippen LogP contribution >= 0.6 is 24.0 Å². The van der Waals surface area contributed by atoms with Crippen molar-refractivity contribution in [1.82, 2.24) is 10.6 Å². The van der Waals surface area contributed by atoms with Gasteiger partial charge in [0.2, 0.25) is 0 Å². The maximum Gasteiger partial charge on any atom is 0.190 e. The lowest BCUT2D eigenvalue weighted by molar-refractivity contribution is 0.105. The van der Waals surface area contributed by atoms with Gasteiger partial charge >= 0.3 is 0 Å². The summed E-state index contributed by atoms with van der Waals surface area (Å²) in [5.74, 6) is 0.947. The van der Waals surface area contributed by atoms with Crippen LogP contribution in [0.1, 0.15) is 58.3 Å². The third-order valence-corrected chi connectivity index (χ3v) is 5.05. The van der Waals surface area contributed by atoms with Crippen molar-refractivity contribution in [1.29, 1.82) is 0 Å². The summed E-state index contributed by atoms with van der Waals surface area (Å²) in [4.78, 5) is 4.33. The Hall–Kier alpha value is -0.0400. The predicted molar refractivity (Wildman–Crippen MR) is 99.6 cm³/mol. The Morgan fingerprint density at radius 2 is 2.00 bits per heavy atom. The van der Waals surface area contributed by atoms with Gasteiger partial charge < -0.3 is 15.4 Å². The van der Waals surface area contributed by atoms with Crippen molar-refractivity contribution in [2.45, 2.75) is 64.4 Å². The van der Waals surface area contributed by atoms with Gasteiger partial charge in [0.15, 0.2) is 5.96 Å². The minimum absolute atomic E-state index is 0. The summed E-state index contributed by atoms with van der Waals surface area (Å²) in [5.41, 5.74) is 0.506. The number of aliphatic imine (C=N–C) groups is 1. The minimum atomic E-state index is 0. The third kappa shape index (κ3) is 5.93. The molecule has 2 aliphatic rings. The molecule has 1 aliphatic carbocycles. The van der Waals surface area contributed by atoms with Crippen molar-refractivity contribution in [3.63, 3.8) is 0 Å². The summed E-state index contributed by atoms with van der Waals surface area (Å²) in [6.07, 6.45) is 10.8. The molecule has 1 heterocycles. The summed E-state index contributed by atoms with van der Waals surface area (Å²) in [6, 6.07) is 0. The Morgan fingerprint density at radius 3 is 2.57 bits per heavy atom. The molecule has 2 rings (SSSR count). The molecule has 0 aromatic heterocycles. The first-order chi connectivity index (χ1) is 9.78. The van der Waals surface area contributed by atoms with Crippen molar-refractivity contribution in [3.8, 4) is 0 Å². The standard InChI is InChI=1S/C16H31N3O.HI/c1-3-16(9-4-5-10-16)13-19-15(17-2)18-11-8-14-7-6-12-20-14;/h14H,3-13H2,1-2H3,(H2,17,18,19);1H. The van der Waals surface area contributed by atoms with Gasteiger partial charge in [0, 0.05) is 26.7 Å². The van der Waals surface area contributed by atoms with Crippen LogP contribution in [-0.4, -0.2) is 38.8 Å². The molecule has 1 aliphatic heterocycles. The van der Waals surface area contributed by atoms with E-state index < -0.39 is 0 Å². The van der Waals surface area contributed by atoms with E-state index in [-0.39, 0.29) is 24.0 Å². The molecule has 124 valence electrons. The molecular formula is C16H32IN3O. The van der Waals surface area contributed by atoms with Gasteiger partial charge in [-0.25, -0.2) is 0 Å². The lowest BCUT2D eigenvalue weighted by atomic mass is 9.83. The van der Waals surface area contributed by atoms with Gasteiger partial charge in [-0.1, -0.05) is 19.8 Å². The highest BCUT2D eigenvalue weighted by Crippen LogP contribution is 2.40. The van der Waals surface area contributed by atoms with E-state index in [1.807, 2.05) is 7.05 Å².